The van der Waals surface area contributed by atoms with Gasteiger partial charge in [0, 0.05) is 5.92 Å². The lowest BCUT2D eigenvalue weighted by Gasteiger charge is -2.54. The first-order valence-corrected chi connectivity index (χ1v) is 7.77. The minimum atomic E-state index is -0.790. The van der Waals surface area contributed by atoms with Crippen LogP contribution in [0, 0.1) is 23.7 Å². The van der Waals surface area contributed by atoms with Crippen molar-refractivity contribution >= 4 is 17.3 Å². The van der Waals surface area contributed by atoms with E-state index in [1.807, 2.05) is 0 Å². The zero-order valence-electron chi connectivity index (χ0n) is 10.2. The van der Waals surface area contributed by atoms with Crippen molar-refractivity contribution in [3.63, 3.8) is 0 Å². The van der Waals surface area contributed by atoms with E-state index in [1.165, 1.54) is 43.4 Å². The lowest BCUT2D eigenvalue weighted by Crippen LogP contribution is -2.44. The summed E-state index contributed by atoms with van der Waals surface area (Å²) in [5.74, 6) is 2.92. The van der Waals surface area contributed by atoms with Crippen molar-refractivity contribution in [1.29, 1.82) is 0 Å². The van der Waals surface area contributed by atoms with Crippen molar-refractivity contribution in [3.05, 3.63) is 16.1 Å². The molecule has 0 atom stereocenters. The van der Waals surface area contributed by atoms with Crippen molar-refractivity contribution in [1.82, 2.24) is 4.98 Å². The molecule has 0 aliphatic heterocycles. The summed E-state index contributed by atoms with van der Waals surface area (Å²) in [6.07, 6.45) is 6.69. The number of hydrogen-bond acceptors (Lipinski definition) is 3. The number of aromatic nitrogens is 1. The highest BCUT2D eigenvalue weighted by atomic mass is 32.1. The molecule has 4 heteroatoms. The van der Waals surface area contributed by atoms with Gasteiger partial charge in [-0.15, -0.1) is 11.3 Å². The summed E-state index contributed by atoms with van der Waals surface area (Å²) in [5, 5.41) is 9.28. The molecular weight excluding hydrogens is 246 g/mol. The van der Waals surface area contributed by atoms with Crippen LogP contribution < -0.4 is 0 Å². The minimum absolute atomic E-state index is 0.440. The highest BCUT2D eigenvalue weighted by Crippen LogP contribution is 2.60. The van der Waals surface area contributed by atoms with Crippen LogP contribution in [0.15, 0.2) is 5.51 Å². The van der Waals surface area contributed by atoms with Crippen molar-refractivity contribution in [2.45, 2.75) is 38.0 Å². The van der Waals surface area contributed by atoms with Gasteiger partial charge < -0.3 is 5.11 Å². The Balaban J connectivity index is 1.72. The smallest absolute Gasteiger partial charge is 0.347 e. The maximum Gasteiger partial charge on any atom is 0.347 e. The molecule has 1 aromatic rings. The summed E-state index contributed by atoms with van der Waals surface area (Å²) in [6, 6.07) is 0. The maximum absolute atomic E-state index is 11.3. The van der Waals surface area contributed by atoms with E-state index >= 15 is 0 Å². The number of aromatic carboxylic acids is 1. The van der Waals surface area contributed by atoms with Gasteiger partial charge in [-0.25, -0.2) is 9.78 Å². The molecule has 0 radical (unpaired) electrons. The quantitative estimate of drug-likeness (QED) is 0.890. The fourth-order valence-electron chi connectivity index (χ4n) is 5.02. The number of carboxylic acid groups (broad SMARTS) is 1. The summed E-state index contributed by atoms with van der Waals surface area (Å²) in [6.45, 7) is 0. The third-order valence-electron chi connectivity index (χ3n) is 5.33. The van der Waals surface area contributed by atoms with Gasteiger partial charge in [0.15, 0.2) is 0 Å². The normalized spacial score (nSPS) is 41.2. The molecule has 4 bridgehead atoms. The summed E-state index contributed by atoms with van der Waals surface area (Å²) >= 11 is 1.29. The highest BCUT2D eigenvalue weighted by Gasteiger charge is 2.50. The van der Waals surface area contributed by atoms with Crippen molar-refractivity contribution in [2.24, 2.45) is 23.7 Å². The lowest BCUT2D eigenvalue weighted by atomic mass is 9.51. The van der Waals surface area contributed by atoms with Crippen LogP contribution in [0.3, 0.4) is 0 Å². The standard InChI is InChI=1S/C14H17NO2S/c16-14(17)13-12(15-6-18-13)11-9-2-7-1-8(4-9)5-10(11)3-7/h6-11H,1-5H2,(H,16,17). The largest absolute Gasteiger partial charge is 0.477 e. The Hall–Kier alpha value is -0.900. The molecular formula is C14H17NO2S. The lowest BCUT2D eigenvalue weighted by molar-refractivity contribution is -0.00431. The molecule has 4 fully saturated rings. The molecule has 96 valence electrons. The molecule has 4 aliphatic carbocycles. The molecule has 0 unspecified atom stereocenters. The van der Waals surface area contributed by atoms with Gasteiger partial charge in [0.25, 0.3) is 0 Å². The van der Waals surface area contributed by atoms with E-state index in [2.05, 4.69) is 4.98 Å². The third-order valence-corrected chi connectivity index (χ3v) is 6.16. The second-order valence-electron chi connectivity index (χ2n) is 6.33. The molecule has 0 aromatic carbocycles. The average molecular weight is 263 g/mol. The van der Waals surface area contributed by atoms with Crippen molar-refractivity contribution in [2.75, 3.05) is 0 Å². The van der Waals surface area contributed by atoms with Gasteiger partial charge in [0.05, 0.1) is 11.2 Å². The van der Waals surface area contributed by atoms with Crippen LogP contribution in [0.2, 0.25) is 0 Å². The fourth-order valence-corrected chi connectivity index (χ4v) is 5.71. The van der Waals surface area contributed by atoms with E-state index in [4.69, 9.17) is 0 Å². The zero-order chi connectivity index (χ0) is 12.3. The molecule has 4 saturated carbocycles. The molecule has 4 aliphatic rings. The summed E-state index contributed by atoms with van der Waals surface area (Å²) in [5.41, 5.74) is 2.62. The first-order valence-electron chi connectivity index (χ1n) is 6.89. The Morgan fingerprint density at radius 2 is 1.78 bits per heavy atom. The van der Waals surface area contributed by atoms with E-state index in [-0.39, 0.29) is 0 Å². The van der Waals surface area contributed by atoms with E-state index in [0.29, 0.717) is 22.6 Å². The average Bonchev–Trinajstić information content (AvgIpc) is 2.76. The predicted molar refractivity (Wildman–Crippen MR) is 68.9 cm³/mol. The van der Waals surface area contributed by atoms with E-state index < -0.39 is 5.97 Å². The van der Waals surface area contributed by atoms with Gasteiger partial charge in [-0.3, -0.25) is 0 Å². The Morgan fingerprint density at radius 3 is 2.33 bits per heavy atom. The fraction of sp³-hybridized carbons (Fsp3) is 0.714. The number of nitrogens with zero attached hydrogens (tertiary/aromatic N) is 1. The van der Waals surface area contributed by atoms with E-state index in [9.17, 15) is 9.90 Å². The molecule has 0 amide bonds. The van der Waals surface area contributed by atoms with Crippen LogP contribution in [-0.4, -0.2) is 16.1 Å². The second kappa shape index (κ2) is 3.80. The number of carbonyl (C=O) groups is 1. The summed E-state index contributed by atoms with van der Waals surface area (Å²) < 4.78 is 0. The third kappa shape index (κ3) is 1.48. The molecule has 1 N–H and O–H groups in total. The van der Waals surface area contributed by atoms with Gasteiger partial charge in [-0.2, -0.15) is 0 Å². The van der Waals surface area contributed by atoms with Gasteiger partial charge in [-0.05, 0) is 55.8 Å². The SMILES string of the molecule is O=C(O)c1scnc1C1C2CC3CC(C2)CC1C3. The van der Waals surface area contributed by atoms with Crippen LogP contribution in [0.25, 0.3) is 0 Å². The molecule has 3 nitrogen and oxygen atoms in total. The monoisotopic (exact) mass is 263 g/mol. The van der Waals surface area contributed by atoms with Gasteiger partial charge in [0.1, 0.15) is 4.88 Å². The van der Waals surface area contributed by atoms with Gasteiger partial charge in [-0.1, -0.05) is 0 Å². The Bertz CT molecular complexity index is 468. The van der Waals surface area contributed by atoms with Crippen LogP contribution in [0.4, 0.5) is 0 Å². The predicted octanol–water partition coefficient (Wildman–Crippen LogP) is 3.38. The molecule has 18 heavy (non-hydrogen) atoms. The highest BCUT2D eigenvalue weighted by molar-refractivity contribution is 7.11. The summed E-state index contributed by atoms with van der Waals surface area (Å²) in [4.78, 5) is 16.2. The van der Waals surface area contributed by atoms with Crippen LogP contribution in [-0.2, 0) is 0 Å². The molecule has 0 saturated heterocycles. The number of rotatable bonds is 2. The first kappa shape index (κ1) is 11.0. The van der Waals surface area contributed by atoms with Crippen LogP contribution >= 0.6 is 11.3 Å². The molecule has 5 rings (SSSR count). The van der Waals surface area contributed by atoms with Crippen molar-refractivity contribution in [3.8, 4) is 0 Å². The molecule has 0 spiro atoms. The van der Waals surface area contributed by atoms with Crippen molar-refractivity contribution < 1.29 is 9.90 Å². The Morgan fingerprint density at radius 1 is 1.17 bits per heavy atom. The van der Waals surface area contributed by atoms with E-state index in [1.54, 1.807) is 5.51 Å². The minimum Gasteiger partial charge on any atom is -0.477 e. The zero-order valence-corrected chi connectivity index (χ0v) is 11.0. The summed E-state index contributed by atoms with van der Waals surface area (Å²) in [7, 11) is 0. The van der Waals surface area contributed by atoms with E-state index in [0.717, 1.165) is 17.5 Å². The number of thiazole rings is 1. The van der Waals surface area contributed by atoms with Crippen LogP contribution in [0.5, 0.6) is 0 Å². The molecule has 1 aromatic heterocycles. The molecule has 1 heterocycles. The maximum atomic E-state index is 11.3. The Kier molecular flexibility index (Phi) is 2.31. The first-order chi connectivity index (χ1) is 8.72. The number of carboxylic acids is 1. The topological polar surface area (TPSA) is 50.2 Å². The second-order valence-corrected chi connectivity index (χ2v) is 7.18. The van der Waals surface area contributed by atoms with Gasteiger partial charge in [0.2, 0.25) is 0 Å². The number of hydrogen-bond donors (Lipinski definition) is 1. The Labute approximate surface area is 110 Å². The van der Waals surface area contributed by atoms with Crippen LogP contribution in [0.1, 0.15) is 53.4 Å². The van der Waals surface area contributed by atoms with Gasteiger partial charge >= 0.3 is 5.97 Å².